The predicted molar refractivity (Wildman–Crippen MR) is 81.0 cm³/mol. The summed E-state index contributed by atoms with van der Waals surface area (Å²) in [6.07, 6.45) is 3.54. The Morgan fingerprint density at radius 2 is 1.95 bits per heavy atom. The molecule has 0 atom stereocenters. The van der Waals surface area contributed by atoms with E-state index in [9.17, 15) is 0 Å². The normalized spacial score (nSPS) is 10.3. The zero-order valence-corrected chi connectivity index (χ0v) is 11.9. The summed E-state index contributed by atoms with van der Waals surface area (Å²) in [5.74, 6) is 1.13. The summed E-state index contributed by atoms with van der Waals surface area (Å²) in [6, 6.07) is 10.4. The number of ether oxygens (including phenoxy) is 1. The van der Waals surface area contributed by atoms with Crippen molar-refractivity contribution in [3.05, 3.63) is 42.2 Å². The molecular formula is C15H20N4O. The Hall–Kier alpha value is -2.30. The number of nitrogens with zero attached hydrogens (tertiary/aromatic N) is 3. The van der Waals surface area contributed by atoms with Crippen molar-refractivity contribution in [3.8, 4) is 5.88 Å². The maximum atomic E-state index is 5.99. The van der Waals surface area contributed by atoms with Gasteiger partial charge in [-0.15, -0.1) is 0 Å². The van der Waals surface area contributed by atoms with E-state index < -0.39 is 0 Å². The number of rotatable bonds is 6. The highest BCUT2D eigenvalue weighted by molar-refractivity contribution is 5.67. The summed E-state index contributed by atoms with van der Waals surface area (Å²) >= 11 is 0. The molecule has 1 aromatic heterocycles. The second-order valence-electron chi connectivity index (χ2n) is 4.63. The second-order valence-corrected chi connectivity index (χ2v) is 4.63. The number of nitrogen functional groups attached to an aromatic ring is 1. The molecule has 106 valence electrons. The fourth-order valence-corrected chi connectivity index (χ4v) is 2.11. The Morgan fingerprint density at radius 3 is 2.65 bits per heavy atom. The number of benzene rings is 1. The van der Waals surface area contributed by atoms with Gasteiger partial charge in [0.15, 0.2) is 5.82 Å². The number of methoxy groups -OCH3 is 1. The SMILES string of the molecule is COc1ncnc(N(C)CCCc2ccccc2)c1N. The summed E-state index contributed by atoms with van der Waals surface area (Å²) in [4.78, 5) is 10.2. The van der Waals surface area contributed by atoms with Gasteiger partial charge in [-0.3, -0.25) is 0 Å². The van der Waals surface area contributed by atoms with E-state index in [4.69, 9.17) is 10.5 Å². The molecule has 0 saturated heterocycles. The van der Waals surface area contributed by atoms with Gasteiger partial charge in [-0.05, 0) is 18.4 Å². The van der Waals surface area contributed by atoms with Crippen LogP contribution in [0.2, 0.25) is 0 Å². The molecule has 0 aliphatic carbocycles. The van der Waals surface area contributed by atoms with Crippen molar-refractivity contribution < 1.29 is 4.74 Å². The average molecular weight is 272 g/mol. The molecule has 0 aliphatic rings. The van der Waals surface area contributed by atoms with Crippen LogP contribution in [0.5, 0.6) is 5.88 Å². The van der Waals surface area contributed by atoms with E-state index in [0.29, 0.717) is 17.4 Å². The molecule has 20 heavy (non-hydrogen) atoms. The number of aryl methyl sites for hydroxylation is 1. The van der Waals surface area contributed by atoms with Crippen molar-refractivity contribution >= 4 is 11.5 Å². The first-order valence-electron chi connectivity index (χ1n) is 6.62. The highest BCUT2D eigenvalue weighted by atomic mass is 16.5. The van der Waals surface area contributed by atoms with Crippen LogP contribution in [0.25, 0.3) is 0 Å². The standard InChI is InChI=1S/C15H20N4O/c1-19(10-6-9-12-7-4-3-5-8-12)14-13(16)15(20-2)18-11-17-14/h3-5,7-8,11H,6,9-10,16H2,1-2H3. The van der Waals surface area contributed by atoms with Gasteiger partial charge in [-0.25, -0.2) is 4.98 Å². The summed E-state index contributed by atoms with van der Waals surface area (Å²) in [5.41, 5.74) is 7.81. The van der Waals surface area contributed by atoms with Gasteiger partial charge in [0.2, 0.25) is 5.88 Å². The molecule has 1 aromatic carbocycles. The largest absolute Gasteiger partial charge is 0.479 e. The van der Waals surface area contributed by atoms with Crippen LogP contribution in [0.3, 0.4) is 0 Å². The van der Waals surface area contributed by atoms with E-state index in [-0.39, 0.29) is 0 Å². The number of hydrogen-bond donors (Lipinski definition) is 1. The van der Waals surface area contributed by atoms with Crippen LogP contribution in [-0.4, -0.2) is 30.7 Å². The van der Waals surface area contributed by atoms with Crippen LogP contribution in [-0.2, 0) is 6.42 Å². The maximum absolute atomic E-state index is 5.99. The molecule has 0 aliphatic heterocycles. The van der Waals surface area contributed by atoms with Crippen LogP contribution in [0.15, 0.2) is 36.7 Å². The molecule has 0 saturated carbocycles. The third kappa shape index (κ3) is 3.38. The highest BCUT2D eigenvalue weighted by Gasteiger charge is 2.12. The number of aromatic nitrogens is 2. The smallest absolute Gasteiger partial charge is 0.242 e. The third-order valence-corrected chi connectivity index (χ3v) is 3.18. The molecule has 0 amide bonds. The Balaban J connectivity index is 1.93. The van der Waals surface area contributed by atoms with Crippen molar-refractivity contribution in [1.82, 2.24) is 9.97 Å². The van der Waals surface area contributed by atoms with E-state index in [0.717, 1.165) is 19.4 Å². The molecule has 0 bridgehead atoms. The monoisotopic (exact) mass is 272 g/mol. The molecule has 0 unspecified atom stereocenters. The Morgan fingerprint density at radius 1 is 1.20 bits per heavy atom. The highest BCUT2D eigenvalue weighted by Crippen LogP contribution is 2.26. The van der Waals surface area contributed by atoms with Gasteiger partial charge < -0.3 is 15.4 Å². The molecule has 0 spiro atoms. The minimum absolute atomic E-state index is 0.421. The van der Waals surface area contributed by atoms with Gasteiger partial charge in [-0.2, -0.15) is 4.98 Å². The summed E-state index contributed by atoms with van der Waals surface area (Å²) < 4.78 is 5.11. The zero-order valence-electron chi connectivity index (χ0n) is 11.9. The van der Waals surface area contributed by atoms with Crippen LogP contribution in [0.1, 0.15) is 12.0 Å². The van der Waals surface area contributed by atoms with E-state index in [1.807, 2.05) is 18.0 Å². The fourth-order valence-electron chi connectivity index (χ4n) is 2.11. The minimum atomic E-state index is 0.421. The van der Waals surface area contributed by atoms with Gasteiger partial charge in [0, 0.05) is 13.6 Å². The summed E-state index contributed by atoms with van der Waals surface area (Å²) in [7, 11) is 3.53. The molecule has 2 rings (SSSR count). The Bertz CT molecular complexity index is 545. The van der Waals surface area contributed by atoms with Crippen molar-refractivity contribution in [2.24, 2.45) is 0 Å². The lowest BCUT2D eigenvalue weighted by atomic mass is 10.1. The van der Waals surface area contributed by atoms with Crippen molar-refractivity contribution in [2.45, 2.75) is 12.8 Å². The predicted octanol–water partition coefficient (Wildman–Crippen LogP) is 2.14. The van der Waals surface area contributed by atoms with Crippen LogP contribution >= 0.6 is 0 Å². The van der Waals surface area contributed by atoms with E-state index in [1.54, 1.807) is 7.11 Å². The van der Waals surface area contributed by atoms with E-state index in [2.05, 4.69) is 34.2 Å². The molecule has 5 heteroatoms. The molecule has 2 aromatic rings. The number of hydrogen-bond acceptors (Lipinski definition) is 5. The zero-order chi connectivity index (χ0) is 14.4. The molecule has 1 heterocycles. The topological polar surface area (TPSA) is 64.3 Å². The molecule has 0 fully saturated rings. The lowest BCUT2D eigenvalue weighted by molar-refractivity contribution is 0.399. The fraction of sp³-hybridized carbons (Fsp3) is 0.333. The first kappa shape index (κ1) is 14.1. The third-order valence-electron chi connectivity index (χ3n) is 3.18. The Kier molecular flexibility index (Phi) is 4.76. The van der Waals surface area contributed by atoms with Crippen molar-refractivity contribution in [3.63, 3.8) is 0 Å². The quantitative estimate of drug-likeness (QED) is 0.872. The molecular weight excluding hydrogens is 252 g/mol. The van der Waals surface area contributed by atoms with Gasteiger partial charge in [-0.1, -0.05) is 30.3 Å². The summed E-state index contributed by atoms with van der Waals surface area (Å²) in [5, 5.41) is 0. The van der Waals surface area contributed by atoms with Gasteiger partial charge in [0.1, 0.15) is 12.0 Å². The van der Waals surface area contributed by atoms with Crippen LogP contribution < -0.4 is 15.4 Å². The number of anilines is 2. The van der Waals surface area contributed by atoms with Gasteiger partial charge in [0.25, 0.3) is 0 Å². The van der Waals surface area contributed by atoms with E-state index in [1.165, 1.54) is 11.9 Å². The van der Waals surface area contributed by atoms with Crippen LogP contribution in [0, 0.1) is 0 Å². The number of nitrogens with two attached hydrogens (primary N) is 1. The van der Waals surface area contributed by atoms with E-state index >= 15 is 0 Å². The lowest BCUT2D eigenvalue weighted by Gasteiger charge is -2.20. The van der Waals surface area contributed by atoms with Crippen molar-refractivity contribution in [1.29, 1.82) is 0 Å². The maximum Gasteiger partial charge on any atom is 0.242 e. The van der Waals surface area contributed by atoms with Crippen molar-refractivity contribution in [2.75, 3.05) is 31.3 Å². The molecule has 0 radical (unpaired) electrons. The second kappa shape index (κ2) is 6.75. The minimum Gasteiger partial charge on any atom is -0.479 e. The van der Waals surface area contributed by atoms with Gasteiger partial charge in [0.05, 0.1) is 7.11 Å². The van der Waals surface area contributed by atoms with Gasteiger partial charge >= 0.3 is 0 Å². The molecule has 2 N–H and O–H groups in total. The first-order valence-corrected chi connectivity index (χ1v) is 6.62. The van der Waals surface area contributed by atoms with Crippen LogP contribution in [0.4, 0.5) is 11.5 Å². The summed E-state index contributed by atoms with van der Waals surface area (Å²) in [6.45, 7) is 0.874. The average Bonchev–Trinajstić information content (AvgIpc) is 2.48. The Labute approximate surface area is 119 Å². The lowest BCUT2D eigenvalue weighted by Crippen LogP contribution is -2.22. The molecule has 5 nitrogen and oxygen atoms in total. The first-order chi connectivity index (χ1) is 9.72.